The molecule has 0 bridgehead atoms. The van der Waals surface area contributed by atoms with E-state index in [0.29, 0.717) is 22.5 Å². The Labute approximate surface area is 184 Å². The summed E-state index contributed by atoms with van der Waals surface area (Å²) in [6.07, 6.45) is 0. The molecule has 0 aromatic heterocycles. The van der Waals surface area contributed by atoms with Gasteiger partial charge in [0.1, 0.15) is 0 Å². The second kappa shape index (κ2) is 8.94. The number of hydrogen-bond donors (Lipinski definition) is 2. The summed E-state index contributed by atoms with van der Waals surface area (Å²) in [5.41, 5.74) is 4.40. The molecule has 0 aliphatic rings. The van der Waals surface area contributed by atoms with Crippen molar-refractivity contribution in [2.24, 2.45) is 0 Å². The molecule has 3 aromatic rings. The lowest BCUT2D eigenvalue weighted by atomic mass is 9.87. The molecular formula is C25H28N2O3S. The van der Waals surface area contributed by atoms with Crippen molar-refractivity contribution in [3.8, 4) is 0 Å². The van der Waals surface area contributed by atoms with Gasteiger partial charge in [0.15, 0.2) is 0 Å². The van der Waals surface area contributed by atoms with Crippen LogP contribution in [0.5, 0.6) is 0 Å². The van der Waals surface area contributed by atoms with Gasteiger partial charge < -0.3 is 5.32 Å². The van der Waals surface area contributed by atoms with Crippen LogP contribution in [0.4, 0.5) is 11.4 Å². The third-order valence-electron chi connectivity index (χ3n) is 4.88. The third kappa shape index (κ3) is 6.43. The molecule has 5 nitrogen and oxygen atoms in total. The second-order valence-corrected chi connectivity index (χ2v) is 10.4. The number of hydrogen-bond acceptors (Lipinski definition) is 3. The minimum absolute atomic E-state index is 0.0130. The molecule has 0 aliphatic heterocycles. The summed E-state index contributed by atoms with van der Waals surface area (Å²) in [7, 11) is -3.58. The lowest BCUT2D eigenvalue weighted by molar-refractivity contribution is 0.102. The predicted molar refractivity (Wildman–Crippen MR) is 127 cm³/mol. The van der Waals surface area contributed by atoms with E-state index in [-0.39, 0.29) is 17.1 Å². The van der Waals surface area contributed by atoms with Gasteiger partial charge in [0.25, 0.3) is 5.91 Å². The van der Waals surface area contributed by atoms with Crippen LogP contribution in [0, 0.1) is 6.92 Å². The van der Waals surface area contributed by atoms with Crippen molar-refractivity contribution in [2.75, 3.05) is 10.0 Å². The quantitative estimate of drug-likeness (QED) is 0.537. The highest BCUT2D eigenvalue weighted by Gasteiger charge is 2.15. The normalized spacial score (nSPS) is 11.7. The highest BCUT2D eigenvalue weighted by molar-refractivity contribution is 7.91. The average Bonchev–Trinajstić information content (AvgIpc) is 2.69. The molecule has 6 heteroatoms. The fourth-order valence-electron chi connectivity index (χ4n) is 3.10. The molecule has 162 valence electrons. The standard InChI is InChI=1S/C25H28N2O3S/c1-18-8-10-19(11-9-18)17-31(29,30)27-23-7-5-6-22(16-23)26-24(28)20-12-14-21(15-13-20)25(2,3)4/h5-16,27H,17H2,1-4H3,(H,26,28). The number of rotatable bonds is 6. The van der Waals surface area contributed by atoms with Gasteiger partial charge in [0.2, 0.25) is 10.0 Å². The Balaban J connectivity index is 1.68. The molecule has 3 rings (SSSR count). The van der Waals surface area contributed by atoms with E-state index in [1.165, 1.54) is 0 Å². The highest BCUT2D eigenvalue weighted by Crippen LogP contribution is 2.23. The topological polar surface area (TPSA) is 75.3 Å². The van der Waals surface area contributed by atoms with Gasteiger partial charge in [-0.1, -0.05) is 68.8 Å². The molecule has 0 unspecified atom stereocenters. The molecule has 0 heterocycles. The molecule has 2 N–H and O–H groups in total. The monoisotopic (exact) mass is 436 g/mol. The van der Waals surface area contributed by atoms with Crippen molar-refractivity contribution in [1.82, 2.24) is 0 Å². The summed E-state index contributed by atoms with van der Waals surface area (Å²) in [4.78, 5) is 12.6. The van der Waals surface area contributed by atoms with E-state index >= 15 is 0 Å². The number of anilines is 2. The summed E-state index contributed by atoms with van der Waals surface area (Å²) < 4.78 is 27.6. The molecular weight excluding hydrogens is 408 g/mol. The minimum atomic E-state index is -3.58. The molecule has 0 saturated heterocycles. The molecule has 3 aromatic carbocycles. The van der Waals surface area contributed by atoms with E-state index in [0.717, 1.165) is 11.1 Å². The largest absolute Gasteiger partial charge is 0.322 e. The zero-order chi connectivity index (χ0) is 22.6. The first-order valence-electron chi connectivity index (χ1n) is 10.1. The van der Waals surface area contributed by atoms with Crippen LogP contribution in [0.15, 0.2) is 72.8 Å². The second-order valence-electron chi connectivity index (χ2n) is 8.71. The maximum absolute atomic E-state index is 12.6. The SMILES string of the molecule is Cc1ccc(CS(=O)(=O)Nc2cccc(NC(=O)c3ccc(C(C)(C)C)cc3)c2)cc1. The van der Waals surface area contributed by atoms with Gasteiger partial charge in [-0.05, 0) is 53.8 Å². The minimum Gasteiger partial charge on any atom is -0.322 e. The molecule has 0 saturated carbocycles. The maximum atomic E-state index is 12.6. The van der Waals surface area contributed by atoms with Crippen LogP contribution in [0.25, 0.3) is 0 Å². The van der Waals surface area contributed by atoms with Crippen molar-refractivity contribution >= 4 is 27.3 Å². The lowest BCUT2D eigenvalue weighted by Crippen LogP contribution is -2.16. The van der Waals surface area contributed by atoms with Gasteiger partial charge in [-0.3, -0.25) is 9.52 Å². The van der Waals surface area contributed by atoms with Crippen LogP contribution in [-0.4, -0.2) is 14.3 Å². The number of carbonyl (C=O) groups excluding carboxylic acids is 1. The number of benzene rings is 3. The number of amides is 1. The summed E-state index contributed by atoms with van der Waals surface area (Å²) in [5.74, 6) is -0.371. The summed E-state index contributed by atoms with van der Waals surface area (Å²) in [6, 6.07) is 21.5. The van der Waals surface area contributed by atoms with E-state index < -0.39 is 10.0 Å². The Hall–Kier alpha value is -3.12. The van der Waals surface area contributed by atoms with Gasteiger partial charge in [-0.25, -0.2) is 8.42 Å². The summed E-state index contributed by atoms with van der Waals surface area (Å²) in [5, 5.41) is 2.82. The molecule has 0 fully saturated rings. The highest BCUT2D eigenvalue weighted by atomic mass is 32.2. The van der Waals surface area contributed by atoms with E-state index in [4.69, 9.17) is 0 Å². The van der Waals surface area contributed by atoms with E-state index in [2.05, 4.69) is 30.8 Å². The molecule has 31 heavy (non-hydrogen) atoms. The van der Waals surface area contributed by atoms with Crippen LogP contribution in [0.1, 0.15) is 47.8 Å². The van der Waals surface area contributed by atoms with Gasteiger partial charge in [-0.15, -0.1) is 0 Å². The van der Waals surface area contributed by atoms with Crippen molar-refractivity contribution in [3.05, 3.63) is 95.1 Å². The van der Waals surface area contributed by atoms with Gasteiger partial charge in [-0.2, -0.15) is 0 Å². The van der Waals surface area contributed by atoms with E-state index in [9.17, 15) is 13.2 Å². The Morgan fingerprint density at radius 2 is 1.48 bits per heavy atom. The first kappa shape index (κ1) is 22.6. The smallest absolute Gasteiger partial charge is 0.255 e. The molecule has 0 aliphatic carbocycles. The first-order chi connectivity index (χ1) is 14.5. The molecule has 0 spiro atoms. The Morgan fingerprint density at radius 3 is 2.10 bits per heavy atom. The van der Waals surface area contributed by atoms with Gasteiger partial charge in [0, 0.05) is 11.3 Å². The van der Waals surface area contributed by atoms with E-state index in [1.54, 1.807) is 48.5 Å². The van der Waals surface area contributed by atoms with Crippen LogP contribution in [0.3, 0.4) is 0 Å². The average molecular weight is 437 g/mol. The Bertz CT molecular complexity index is 1160. The molecule has 0 atom stereocenters. The van der Waals surface area contributed by atoms with Crippen molar-refractivity contribution in [1.29, 1.82) is 0 Å². The van der Waals surface area contributed by atoms with Crippen LogP contribution in [0.2, 0.25) is 0 Å². The number of aryl methyl sites for hydroxylation is 1. The zero-order valence-electron chi connectivity index (χ0n) is 18.3. The first-order valence-corrected chi connectivity index (χ1v) is 11.8. The van der Waals surface area contributed by atoms with Crippen molar-refractivity contribution in [3.63, 3.8) is 0 Å². The summed E-state index contributed by atoms with van der Waals surface area (Å²) in [6.45, 7) is 8.31. The maximum Gasteiger partial charge on any atom is 0.255 e. The van der Waals surface area contributed by atoms with Crippen LogP contribution in [-0.2, 0) is 21.2 Å². The fraction of sp³-hybridized carbons (Fsp3) is 0.240. The lowest BCUT2D eigenvalue weighted by Gasteiger charge is -2.19. The number of sulfonamides is 1. The zero-order valence-corrected chi connectivity index (χ0v) is 19.1. The predicted octanol–water partition coefficient (Wildman–Crippen LogP) is 5.49. The van der Waals surface area contributed by atoms with Gasteiger partial charge in [0.05, 0.1) is 11.4 Å². The number of carbonyl (C=O) groups is 1. The Morgan fingerprint density at radius 1 is 0.871 bits per heavy atom. The molecule has 0 radical (unpaired) electrons. The van der Waals surface area contributed by atoms with Gasteiger partial charge >= 0.3 is 0 Å². The van der Waals surface area contributed by atoms with Crippen molar-refractivity contribution < 1.29 is 13.2 Å². The van der Waals surface area contributed by atoms with Crippen LogP contribution < -0.4 is 10.0 Å². The van der Waals surface area contributed by atoms with E-state index in [1.807, 2.05) is 31.2 Å². The van der Waals surface area contributed by atoms with Crippen molar-refractivity contribution in [2.45, 2.75) is 38.9 Å². The Kier molecular flexibility index (Phi) is 6.51. The third-order valence-corrected chi connectivity index (χ3v) is 6.14. The molecule has 1 amide bonds. The number of nitrogens with one attached hydrogen (secondary N) is 2. The van der Waals surface area contributed by atoms with Crippen LogP contribution >= 0.6 is 0 Å². The summed E-state index contributed by atoms with van der Waals surface area (Å²) >= 11 is 0. The fourth-order valence-corrected chi connectivity index (χ4v) is 4.29.